The van der Waals surface area contributed by atoms with Crippen molar-refractivity contribution in [2.24, 2.45) is 0 Å². The Labute approximate surface area is 154 Å². The summed E-state index contributed by atoms with van der Waals surface area (Å²) < 4.78 is 0. The third kappa shape index (κ3) is 22.6. The van der Waals surface area contributed by atoms with Crippen LogP contribution in [0, 0.1) is 0 Å². The van der Waals surface area contributed by atoms with Crippen LogP contribution in [-0.4, -0.2) is 40.6 Å². The molecule has 3 heteroatoms. The van der Waals surface area contributed by atoms with E-state index in [1.807, 2.05) is 0 Å². The van der Waals surface area contributed by atoms with Gasteiger partial charge in [0.05, 0.1) is 0 Å². The SMILES string of the molecule is CCCCCCCC/C=C\CCCCCCCC(=O)O.[Na]. The zero-order valence-corrected chi connectivity index (χ0v) is 16.4. The Balaban J connectivity index is 0. The van der Waals surface area contributed by atoms with Crippen LogP contribution in [0.4, 0.5) is 0 Å². The van der Waals surface area contributed by atoms with Gasteiger partial charge in [-0.3, -0.25) is 4.79 Å². The number of allylic oxidation sites excluding steroid dienone is 2. The zero-order valence-electron chi connectivity index (χ0n) is 14.4. The normalized spacial score (nSPS) is 10.7. The van der Waals surface area contributed by atoms with Gasteiger partial charge < -0.3 is 5.11 Å². The molecule has 2 nitrogen and oxygen atoms in total. The van der Waals surface area contributed by atoms with Gasteiger partial charge in [0.25, 0.3) is 0 Å². The maximum Gasteiger partial charge on any atom is 0.303 e. The van der Waals surface area contributed by atoms with Gasteiger partial charge in [-0.05, 0) is 32.1 Å². The van der Waals surface area contributed by atoms with Crippen LogP contribution in [0.2, 0.25) is 0 Å². The van der Waals surface area contributed by atoms with Crippen molar-refractivity contribution in [1.29, 1.82) is 0 Å². The van der Waals surface area contributed by atoms with Crippen LogP contribution in [0.25, 0.3) is 0 Å². The van der Waals surface area contributed by atoms with Crippen LogP contribution >= 0.6 is 0 Å². The van der Waals surface area contributed by atoms with Gasteiger partial charge in [0.2, 0.25) is 0 Å². The predicted molar refractivity (Wildman–Crippen MR) is 92.8 cm³/mol. The number of hydrogen-bond donors (Lipinski definition) is 1. The maximum absolute atomic E-state index is 10.3. The third-order valence-electron chi connectivity index (χ3n) is 3.65. The number of carboxylic acid groups (broad SMARTS) is 1. The molecule has 1 N–H and O–H groups in total. The van der Waals surface area contributed by atoms with Crippen molar-refractivity contribution in [2.75, 3.05) is 0 Å². The number of hydrogen-bond acceptors (Lipinski definition) is 1. The Hall–Kier alpha value is 0.210. The Bertz CT molecular complexity index is 239. The van der Waals surface area contributed by atoms with Gasteiger partial charge in [-0.1, -0.05) is 70.4 Å². The third-order valence-corrected chi connectivity index (χ3v) is 3.65. The second-order valence-corrected chi connectivity index (χ2v) is 5.73. The molecule has 0 amide bonds. The van der Waals surface area contributed by atoms with Crippen LogP contribution < -0.4 is 0 Å². The van der Waals surface area contributed by atoms with Crippen molar-refractivity contribution in [3.05, 3.63) is 12.2 Å². The van der Waals surface area contributed by atoms with Crippen molar-refractivity contribution in [3.8, 4) is 0 Å². The van der Waals surface area contributed by atoms with Gasteiger partial charge in [0.15, 0.2) is 0 Å². The first kappa shape index (κ1) is 23.5. The topological polar surface area (TPSA) is 37.3 Å². The fourth-order valence-electron chi connectivity index (χ4n) is 2.35. The van der Waals surface area contributed by atoms with E-state index in [2.05, 4.69) is 19.1 Å². The summed E-state index contributed by atoms with van der Waals surface area (Å²) in [5.41, 5.74) is 0. The second kappa shape index (κ2) is 20.2. The zero-order chi connectivity index (χ0) is 14.9. The minimum Gasteiger partial charge on any atom is -0.481 e. The van der Waals surface area contributed by atoms with E-state index >= 15 is 0 Å². The standard InChI is InChI=1S/C18H34O2.Na/c1-2-3-4-5-6-7-8-9-10-11-12-13-14-15-16-17-18(19)20;/h9-10H,2-8,11-17H2,1H3,(H,19,20);/b10-9-;. The molecular weight excluding hydrogens is 271 g/mol. The van der Waals surface area contributed by atoms with E-state index < -0.39 is 5.97 Å². The quantitative estimate of drug-likeness (QED) is 0.238. The molecule has 0 aliphatic rings. The van der Waals surface area contributed by atoms with Gasteiger partial charge >= 0.3 is 5.97 Å². The average Bonchev–Trinajstić information content (AvgIpc) is 2.43. The van der Waals surface area contributed by atoms with Crippen LogP contribution in [-0.2, 0) is 4.79 Å². The monoisotopic (exact) mass is 305 g/mol. The summed E-state index contributed by atoms with van der Waals surface area (Å²) in [7, 11) is 0. The van der Waals surface area contributed by atoms with Crippen molar-refractivity contribution in [2.45, 2.75) is 96.8 Å². The largest absolute Gasteiger partial charge is 0.481 e. The summed E-state index contributed by atoms with van der Waals surface area (Å²) in [6.07, 6.45) is 21.2. The summed E-state index contributed by atoms with van der Waals surface area (Å²) in [5.74, 6) is -0.664. The molecule has 0 heterocycles. The molecule has 0 unspecified atom stereocenters. The maximum atomic E-state index is 10.3. The number of carboxylic acids is 1. The number of carbonyl (C=O) groups is 1. The molecule has 0 fully saturated rings. The molecule has 0 saturated heterocycles. The van der Waals surface area contributed by atoms with Gasteiger partial charge in [-0.2, -0.15) is 0 Å². The Morgan fingerprint density at radius 1 is 0.762 bits per heavy atom. The Kier molecular flexibility index (Phi) is 22.6. The summed E-state index contributed by atoms with van der Waals surface area (Å²) in [6, 6.07) is 0. The number of rotatable bonds is 15. The molecule has 0 atom stereocenters. The van der Waals surface area contributed by atoms with E-state index in [1.54, 1.807) is 0 Å². The molecule has 119 valence electrons. The van der Waals surface area contributed by atoms with Crippen LogP contribution in [0.5, 0.6) is 0 Å². The first-order valence-corrected chi connectivity index (χ1v) is 8.64. The van der Waals surface area contributed by atoms with E-state index in [9.17, 15) is 4.79 Å². The van der Waals surface area contributed by atoms with E-state index in [-0.39, 0.29) is 29.6 Å². The van der Waals surface area contributed by atoms with Crippen molar-refractivity contribution in [3.63, 3.8) is 0 Å². The summed E-state index contributed by atoms with van der Waals surface area (Å²) in [6.45, 7) is 2.26. The van der Waals surface area contributed by atoms with Crippen LogP contribution in [0.3, 0.4) is 0 Å². The fraction of sp³-hybridized carbons (Fsp3) is 0.833. The van der Waals surface area contributed by atoms with E-state index in [0.717, 1.165) is 12.8 Å². The van der Waals surface area contributed by atoms with Crippen molar-refractivity contribution >= 4 is 35.5 Å². The second-order valence-electron chi connectivity index (χ2n) is 5.73. The number of unbranched alkanes of at least 4 members (excludes halogenated alkanes) is 11. The summed E-state index contributed by atoms with van der Waals surface area (Å²) in [4.78, 5) is 10.3. The van der Waals surface area contributed by atoms with Crippen molar-refractivity contribution in [1.82, 2.24) is 0 Å². The molecule has 21 heavy (non-hydrogen) atoms. The van der Waals surface area contributed by atoms with E-state index in [4.69, 9.17) is 5.11 Å². The molecular formula is C18H34NaO2. The molecule has 0 aromatic carbocycles. The summed E-state index contributed by atoms with van der Waals surface area (Å²) >= 11 is 0. The molecule has 0 aromatic heterocycles. The average molecular weight is 305 g/mol. The molecule has 1 radical (unpaired) electrons. The molecule has 0 aromatic rings. The predicted octanol–water partition coefficient (Wildman–Crippen LogP) is 5.73. The van der Waals surface area contributed by atoms with Gasteiger partial charge in [-0.25, -0.2) is 0 Å². The Morgan fingerprint density at radius 2 is 1.19 bits per heavy atom. The van der Waals surface area contributed by atoms with Gasteiger partial charge in [-0.15, -0.1) is 0 Å². The van der Waals surface area contributed by atoms with E-state index in [1.165, 1.54) is 70.6 Å². The number of aliphatic carboxylic acids is 1. The van der Waals surface area contributed by atoms with Gasteiger partial charge in [0.1, 0.15) is 0 Å². The van der Waals surface area contributed by atoms with Gasteiger partial charge in [0, 0.05) is 36.0 Å². The molecule has 0 spiro atoms. The smallest absolute Gasteiger partial charge is 0.303 e. The first-order chi connectivity index (χ1) is 9.77. The van der Waals surface area contributed by atoms with Crippen LogP contribution in [0.1, 0.15) is 96.8 Å². The molecule has 0 saturated carbocycles. The molecule has 0 aliphatic carbocycles. The molecule has 0 aliphatic heterocycles. The minimum absolute atomic E-state index is 0. The van der Waals surface area contributed by atoms with Crippen molar-refractivity contribution < 1.29 is 9.90 Å². The first-order valence-electron chi connectivity index (χ1n) is 8.64. The molecule has 0 rings (SSSR count). The summed E-state index contributed by atoms with van der Waals surface area (Å²) in [5, 5.41) is 8.51. The Morgan fingerprint density at radius 3 is 1.67 bits per heavy atom. The minimum atomic E-state index is -0.664. The van der Waals surface area contributed by atoms with Crippen LogP contribution in [0.15, 0.2) is 12.2 Å². The molecule has 0 bridgehead atoms. The van der Waals surface area contributed by atoms with E-state index in [0.29, 0.717) is 6.42 Å². The fourth-order valence-corrected chi connectivity index (χ4v) is 2.35.